The predicted molar refractivity (Wildman–Crippen MR) is 128 cm³/mol. The van der Waals surface area contributed by atoms with E-state index in [9.17, 15) is 19.2 Å². The van der Waals surface area contributed by atoms with E-state index in [1.54, 1.807) is 57.2 Å². The molecule has 2 aromatic carbocycles. The minimum atomic E-state index is -0.821. The van der Waals surface area contributed by atoms with Crippen molar-refractivity contribution in [3.05, 3.63) is 57.6 Å². The van der Waals surface area contributed by atoms with Crippen molar-refractivity contribution in [1.82, 2.24) is 5.32 Å². The van der Waals surface area contributed by atoms with E-state index in [-0.39, 0.29) is 24.5 Å². The van der Waals surface area contributed by atoms with Crippen LogP contribution in [0.4, 0.5) is 10.5 Å². The molecule has 0 aliphatic carbocycles. The average Bonchev–Trinajstić information content (AvgIpc) is 2.78. The van der Waals surface area contributed by atoms with E-state index in [2.05, 4.69) is 21.2 Å². The molecule has 1 aliphatic rings. The van der Waals surface area contributed by atoms with Crippen molar-refractivity contribution in [3.63, 3.8) is 0 Å². The summed E-state index contributed by atoms with van der Waals surface area (Å²) in [4.78, 5) is 50.8. The maximum Gasteiger partial charge on any atom is 0.344 e. The summed E-state index contributed by atoms with van der Waals surface area (Å²) in [6.07, 6.45) is 1.36. The van der Waals surface area contributed by atoms with Gasteiger partial charge in [0.05, 0.1) is 18.9 Å². The number of benzene rings is 2. The van der Waals surface area contributed by atoms with Gasteiger partial charge in [-0.15, -0.1) is 0 Å². The maximum absolute atomic E-state index is 13.2. The molecule has 0 bridgehead atoms. The number of carbonyl (C=O) groups excluding carboxylic acids is 4. The second-order valence-electron chi connectivity index (χ2n) is 7.09. The second-order valence-corrected chi connectivity index (χ2v) is 7.95. The average molecular weight is 531 g/mol. The quantitative estimate of drug-likeness (QED) is 0.314. The van der Waals surface area contributed by atoms with Gasteiger partial charge >= 0.3 is 12.0 Å². The summed E-state index contributed by atoms with van der Waals surface area (Å²) < 4.78 is 16.5. The molecule has 1 heterocycles. The lowest BCUT2D eigenvalue weighted by Crippen LogP contribution is -2.54. The molecule has 178 valence electrons. The number of nitrogens with zero attached hydrogens (tertiary/aromatic N) is 1. The number of imide groups is 2. The van der Waals surface area contributed by atoms with Crippen LogP contribution in [0.2, 0.25) is 0 Å². The van der Waals surface area contributed by atoms with Crippen LogP contribution in [0.15, 0.2) is 46.4 Å². The lowest BCUT2D eigenvalue weighted by molar-refractivity contribution is -0.145. The Hall–Kier alpha value is -3.66. The van der Waals surface area contributed by atoms with Crippen LogP contribution in [0.25, 0.3) is 6.08 Å². The van der Waals surface area contributed by atoms with Crippen LogP contribution in [0.3, 0.4) is 0 Å². The van der Waals surface area contributed by atoms with Gasteiger partial charge in [-0.05, 0) is 56.2 Å². The highest BCUT2D eigenvalue weighted by molar-refractivity contribution is 9.10. The first-order chi connectivity index (χ1) is 16.3. The van der Waals surface area contributed by atoms with Gasteiger partial charge in [0.1, 0.15) is 5.57 Å². The van der Waals surface area contributed by atoms with Gasteiger partial charge in [0, 0.05) is 4.47 Å². The summed E-state index contributed by atoms with van der Waals surface area (Å²) in [7, 11) is 0. The van der Waals surface area contributed by atoms with Gasteiger partial charge in [-0.1, -0.05) is 34.1 Å². The third-order valence-corrected chi connectivity index (χ3v) is 5.46. The fraction of sp³-hybridized carbons (Fsp3) is 0.250. The van der Waals surface area contributed by atoms with Crippen LogP contribution in [0, 0.1) is 6.92 Å². The number of nitrogens with one attached hydrogen (secondary N) is 1. The SMILES string of the molecule is CCOC(=O)COc1cc(Br)c(/C=C2\C(=O)NC(=O)N(c3ccccc3C)C2=O)cc1OCC. The normalized spacial score (nSPS) is 14.8. The number of urea groups is 1. The number of barbiturate groups is 1. The molecule has 2 aromatic rings. The molecule has 0 unspecified atom stereocenters. The van der Waals surface area contributed by atoms with Crippen molar-refractivity contribution < 1.29 is 33.4 Å². The Kier molecular flexibility index (Phi) is 8.06. The fourth-order valence-electron chi connectivity index (χ4n) is 3.23. The van der Waals surface area contributed by atoms with Crippen LogP contribution in [-0.2, 0) is 19.1 Å². The van der Waals surface area contributed by atoms with Crippen molar-refractivity contribution in [2.24, 2.45) is 0 Å². The van der Waals surface area contributed by atoms with Gasteiger partial charge in [-0.25, -0.2) is 14.5 Å². The Balaban J connectivity index is 1.98. The molecule has 0 spiro atoms. The monoisotopic (exact) mass is 530 g/mol. The van der Waals surface area contributed by atoms with E-state index in [0.717, 1.165) is 4.90 Å². The Morgan fingerprint density at radius 3 is 2.44 bits per heavy atom. The summed E-state index contributed by atoms with van der Waals surface area (Å²) >= 11 is 3.40. The van der Waals surface area contributed by atoms with Gasteiger partial charge in [-0.3, -0.25) is 14.9 Å². The van der Waals surface area contributed by atoms with E-state index >= 15 is 0 Å². The molecule has 34 heavy (non-hydrogen) atoms. The first-order valence-corrected chi connectivity index (χ1v) is 11.3. The predicted octanol–water partition coefficient (Wildman–Crippen LogP) is 3.76. The third-order valence-electron chi connectivity index (χ3n) is 4.77. The highest BCUT2D eigenvalue weighted by Gasteiger charge is 2.37. The maximum atomic E-state index is 13.2. The number of ether oxygens (including phenoxy) is 3. The zero-order chi connectivity index (χ0) is 24.8. The molecular weight excluding hydrogens is 508 g/mol. The summed E-state index contributed by atoms with van der Waals surface area (Å²) in [5.74, 6) is -1.52. The van der Waals surface area contributed by atoms with Crippen LogP contribution < -0.4 is 19.7 Å². The molecule has 9 nitrogen and oxygen atoms in total. The van der Waals surface area contributed by atoms with E-state index in [1.807, 2.05) is 0 Å². The number of para-hydroxylation sites is 1. The standard InChI is InChI=1S/C24H23BrN2O7/c1-4-32-19-11-15(17(25)12-20(19)34-13-21(28)33-5-2)10-16-22(29)26-24(31)27(23(16)30)18-9-7-6-8-14(18)3/h6-12H,4-5,13H2,1-3H3,(H,26,29,31)/b16-10+. The molecule has 1 fully saturated rings. The van der Waals surface area contributed by atoms with Gasteiger partial charge in [0.15, 0.2) is 18.1 Å². The minimum absolute atomic E-state index is 0.230. The van der Waals surface area contributed by atoms with Crippen LogP contribution in [-0.4, -0.2) is 43.6 Å². The van der Waals surface area contributed by atoms with Gasteiger partial charge < -0.3 is 14.2 Å². The van der Waals surface area contributed by atoms with Gasteiger partial charge in [0.25, 0.3) is 11.8 Å². The Labute approximate surface area is 204 Å². The number of hydrogen-bond acceptors (Lipinski definition) is 7. The largest absolute Gasteiger partial charge is 0.490 e. The molecule has 10 heteroatoms. The molecule has 0 saturated carbocycles. The van der Waals surface area contributed by atoms with E-state index < -0.39 is 23.8 Å². The van der Waals surface area contributed by atoms with Crippen molar-refractivity contribution in [2.45, 2.75) is 20.8 Å². The minimum Gasteiger partial charge on any atom is -0.490 e. The molecular formula is C24H23BrN2O7. The molecule has 1 N–H and O–H groups in total. The molecule has 0 atom stereocenters. The first-order valence-electron chi connectivity index (χ1n) is 10.5. The smallest absolute Gasteiger partial charge is 0.344 e. The van der Waals surface area contributed by atoms with E-state index in [4.69, 9.17) is 14.2 Å². The van der Waals surface area contributed by atoms with E-state index in [1.165, 1.54) is 6.08 Å². The van der Waals surface area contributed by atoms with Crippen LogP contribution >= 0.6 is 15.9 Å². The second kappa shape index (κ2) is 11.0. The summed E-state index contributed by atoms with van der Waals surface area (Å²) in [6.45, 7) is 5.46. The highest BCUT2D eigenvalue weighted by atomic mass is 79.9. The van der Waals surface area contributed by atoms with Gasteiger partial charge in [-0.2, -0.15) is 0 Å². The number of hydrogen-bond donors (Lipinski definition) is 1. The van der Waals surface area contributed by atoms with Crippen molar-refractivity contribution >= 4 is 51.5 Å². The lowest BCUT2D eigenvalue weighted by atomic mass is 10.1. The van der Waals surface area contributed by atoms with Gasteiger partial charge in [0.2, 0.25) is 0 Å². The zero-order valence-electron chi connectivity index (χ0n) is 18.8. The van der Waals surface area contributed by atoms with Crippen molar-refractivity contribution in [2.75, 3.05) is 24.7 Å². The van der Waals surface area contributed by atoms with Crippen molar-refractivity contribution in [1.29, 1.82) is 0 Å². The number of esters is 1. The number of rotatable bonds is 8. The highest BCUT2D eigenvalue weighted by Crippen LogP contribution is 2.35. The number of halogens is 1. The Morgan fingerprint density at radius 2 is 1.76 bits per heavy atom. The Morgan fingerprint density at radius 1 is 1.06 bits per heavy atom. The lowest BCUT2D eigenvalue weighted by Gasteiger charge is -2.27. The summed E-state index contributed by atoms with van der Waals surface area (Å²) in [5.41, 5.74) is 1.28. The fourth-order valence-corrected chi connectivity index (χ4v) is 3.66. The number of aryl methyl sites for hydroxylation is 1. The number of carbonyl (C=O) groups is 4. The Bertz CT molecular complexity index is 1180. The number of amides is 4. The zero-order valence-corrected chi connectivity index (χ0v) is 20.4. The number of anilines is 1. The first kappa shape index (κ1) is 25.0. The summed E-state index contributed by atoms with van der Waals surface area (Å²) in [5, 5.41) is 2.21. The molecule has 0 aromatic heterocycles. The molecule has 3 rings (SSSR count). The molecule has 0 radical (unpaired) electrons. The third kappa shape index (κ3) is 5.45. The molecule has 1 aliphatic heterocycles. The van der Waals surface area contributed by atoms with Crippen LogP contribution in [0.5, 0.6) is 11.5 Å². The topological polar surface area (TPSA) is 111 Å². The molecule has 4 amide bonds. The van der Waals surface area contributed by atoms with Crippen LogP contribution in [0.1, 0.15) is 25.0 Å². The molecule has 1 saturated heterocycles. The summed E-state index contributed by atoms with van der Waals surface area (Å²) in [6, 6.07) is 9.17. The van der Waals surface area contributed by atoms with Crippen molar-refractivity contribution in [3.8, 4) is 11.5 Å². The van der Waals surface area contributed by atoms with E-state index in [0.29, 0.717) is 33.6 Å².